The van der Waals surface area contributed by atoms with Gasteiger partial charge in [-0.15, -0.1) is 0 Å². The van der Waals surface area contributed by atoms with Crippen molar-refractivity contribution >= 4 is 34.5 Å². The number of aryl methyl sites for hydroxylation is 3. The number of rotatable bonds is 5. The van der Waals surface area contributed by atoms with E-state index in [-0.39, 0.29) is 0 Å². The van der Waals surface area contributed by atoms with E-state index in [1.54, 1.807) is 6.21 Å². The number of hydrogen-bond acceptors (Lipinski definition) is 3. The maximum absolute atomic E-state index is 6.06. The summed E-state index contributed by atoms with van der Waals surface area (Å²) in [7, 11) is 0. The Bertz CT molecular complexity index is 1030. The minimum absolute atomic E-state index is 0.608. The topological polar surface area (TPSA) is 28.7 Å². The van der Waals surface area contributed by atoms with Gasteiger partial charge >= 0.3 is 0 Å². The molecule has 0 saturated carbocycles. The first-order valence-electron chi connectivity index (χ1n) is 9.17. The van der Waals surface area contributed by atoms with Crippen LogP contribution in [0.3, 0.4) is 0 Å². The fourth-order valence-corrected chi connectivity index (χ4v) is 3.49. The average molecular weight is 358 g/mol. The van der Waals surface area contributed by atoms with Crippen molar-refractivity contribution in [2.75, 3.05) is 4.90 Å². The zero-order valence-corrected chi connectivity index (χ0v) is 16.7. The first-order chi connectivity index (χ1) is 13.0. The molecule has 2 aromatic carbocycles. The van der Waals surface area contributed by atoms with Crippen molar-refractivity contribution in [2.24, 2.45) is 4.99 Å². The summed E-state index contributed by atoms with van der Waals surface area (Å²) in [5, 5.41) is 1.03. The first kappa shape index (κ1) is 18.7. The van der Waals surface area contributed by atoms with Crippen molar-refractivity contribution in [3.05, 3.63) is 77.5 Å². The first-order valence-corrected chi connectivity index (χ1v) is 9.17. The number of allylic oxidation sites excluding steroid dienone is 1. The second-order valence-electron chi connectivity index (χ2n) is 6.69. The standard InChI is InChI=1S/C24H26N2O/c1-7-14-26(23-17(4)10-9-11-18(23)5)19(6)22-16(3)12-13-20-15-21(25-8-2)27-24(20)22/h7-15H,6H2,1-5H3/b14-7-,25-8?. The van der Waals surface area contributed by atoms with Gasteiger partial charge in [0.1, 0.15) is 5.58 Å². The molecule has 27 heavy (non-hydrogen) atoms. The van der Waals surface area contributed by atoms with Crippen LogP contribution in [0, 0.1) is 20.8 Å². The highest BCUT2D eigenvalue weighted by atomic mass is 16.3. The van der Waals surface area contributed by atoms with Gasteiger partial charge in [0, 0.05) is 35.1 Å². The molecule has 0 aliphatic carbocycles. The third-order valence-corrected chi connectivity index (χ3v) is 4.70. The van der Waals surface area contributed by atoms with E-state index in [1.807, 2.05) is 26.0 Å². The summed E-state index contributed by atoms with van der Waals surface area (Å²) in [5.74, 6) is 0.608. The van der Waals surface area contributed by atoms with Gasteiger partial charge in [-0.05, 0) is 51.3 Å². The quantitative estimate of drug-likeness (QED) is 0.455. The monoisotopic (exact) mass is 358 g/mol. The van der Waals surface area contributed by atoms with Crippen LogP contribution in [0.5, 0.6) is 0 Å². The smallest absolute Gasteiger partial charge is 0.219 e. The van der Waals surface area contributed by atoms with Gasteiger partial charge in [-0.1, -0.05) is 43.0 Å². The Morgan fingerprint density at radius 3 is 2.37 bits per heavy atom. The molecule has 0 amide bonds. The van der Waals surface area contributed by atoms with E-state index in [0.717, 1.165) is 33.5 Å². The van der Waals surface area contributed by atoms with E-state index < -0.39 is 0 Å². The maximum atomic E-state index is 6.06. The summed E-state index contributed by atoms with van der Waals surface area (Å²) in [6, 6.07) is 12.5. The minimum atomic E-state index is 0.608. The van der Waals surface area contributed by atoms with Crippen molar-refractivity contribution < 1.29 is 4.42 Å². The van der Waals surface area contributed by atoms with Gasteiger partial charge in [0.2, 0.25) is 5.88 Å². The number of furan rings is 1. The molecule has 0 atom stereocenters. The molecule has 0 N–H and O–H groups in total. The summed E-state index contributed by atoms with van der Waals surface area (Å²) in [6.07, 6.45) is 5.83. The molecule has 1 aromatic heterocycles. The van der Waals surface area contributed by atoms with Crippen LogP contribution in [-0.2, 0) is 0 Å². The van der Waals surface area contributed by atoms with E-state index in [4.69, 9.17) is 4.42 Å². The van der Waals surface area contributed by atoms with Crippen molar-refractivity contribution in [1.82, 2.24) is 0 Å². The number of fused-ring (bicyclic) bond motifs is 1. The van der Waals surface area contributed by atoms with Crippen molar-refractivity contribution in [1.29, 1.82) is 0 Å². The number of para-hydroxylation sites is 1. The predicted octanol–water partition coefficient (Wildman–Crippen LogP) is 7.09. The molecule has 0 saturated heterocycles. The summed E-state index contributed by atoms with van der Waals surface area (Å²) >= 11 is 0. The molecule has 3 nitrogen and oxygen atoms in total. The van der Waals surface area contributed by atoms with E-state index >= 15 is 0 Å². The molecule has 0 spiro atoms. The highest BCUT2D eigenvalue weighted by molar-refractivity contribution is 5.97. The van der Waals surface area contributed by atoms with E-state index in [9.17, 15) is 0 Å². The molecule has 0 aliphatic rings. The highest BCUT2D eigenvalue weighted by Crippen LogP contribution is 2.38. The number of anilines is 1. The van der Waals surface area contributed by atoms with Gasteiger partial charge < -0.3 is 9.32 Å². The molecular weight excluding hydrogens is 332 g/mol. The third-order valence-electron chi connectivity index (χ3n) is 4.70. The van der Waals surface area contributed by atoms with Crippen LogP contribution < -0.4 is 4.90 Å². The summed E-state index contributed by atoms with van der Waals surface area (Å²) in [6.45, 7) is 14.7. The van der Waals surface area contributed by atoms with Gasteiger partial charge in [-0.25, -0.2) is 4.99 Å². The summed E-state index contributed by atoms with van der Waals surface area (Å²) < 4.78 is 6.06. The Labute approximate surface area is 161 Å². The van der Waals surface area contributed by atoms with Crippen LogP contribution in [0.25, 0.3) is 16.7 Å². The molecule has 0 bridgehead atoms. The molecule has 0 unspecified atom stereocenters. The fraction of sp³-hybridized carbons (Fsp3) is 0.208. The highest BCUT2D eigenvalue weighted by Gasteiger charge is 2.20. The van der Waals surface area contributed by atoms with Gasteiger partial charge in [-0.2, -0.15) is 0 Å². The van der Waals surface area contributed by atoms with Crippen LogP contribution in [0.15, 0.2) is 64.7 Å². The number of hydrogen-bond donors (Lipinski definition) is 0. The average Bonchev–Trinajstić information content (AvgIpc) is 3.03. The molecule has 1 heterocycles. The maximum Gasteiger partial charge on any atom is 0.219 e. The molecule has 0 fully saturated rings. The SMILES string of the molecule is C=C(c1c(C)ccc2cc(N=CC)oc12)N(/C=C\C)c1c(C)cccc1C. The van der Waals surface area contributed by atoms with Crippen molar-refractivity contribution in [2.45, 2.75) is 34.6 Å². The van der Waals surface area contributed by atoms with E-state index in [0.29, 0.717) is 5.88 Å². The minimum Gasteiger partial charge on any atom is -0.438 e. The molecule has 138 valence electrons. The predicted molar refractivity (Wildman–Crippen MR) is 117 cm³/mol. The zero-order chi connectivity index (χ0) is 19.6. The lowest BCUT2D eigenvalue weighted by Crippen LogP contribution is -2.16. The fourth-order valence-electron chi connectivity index (χ4n) is 3.49. The normalized spacial score (nSPS) is 11.7. The Balaban J connectivity index is 2.22. The van der Waals surface area contributed by atoms with Gasteiger partial charge in [0.25, 0.3) is 0 Å². The second-order valence-corrected chi connectivity index (χ2v) is 6.69. The largest absolute Gasteiger partial charge is 0.438 e. The number of aliphatic imine (C=N–C) groups is 1. The van der Waals surface area contributed by atoms with Gasteiger partial charge in [0.15, 0.2) is 0 Å². The van der Waals surface area contributed by atoms with Crippen molar-refractivity contribution in [3.63, 3.8) is 0 Å². The lowest BCUT2D eigenvalue weighted by atomic mass is 10.0. The Morgan fingerprint density at radius 1 is 1.04 bits per heavy atom. The molecule has 3 heteroatoms. The molecule has 0 aliphatic heterocycles. The Morgan fingerprint density at radius 2 is 1.74 bits per heavy atom. The Hall–Kier alpha value is -3.07. The molecule has 3 rings (SSSR count). The van der Waals surface area contributed by atoms with Gasteiger partial charge in [-0.3, -0.25) is 0 Å². The lowest BCUT2D eigenvalue weighted by molar-refractivity contribution is 0.625. The molecular formula is C24H26N2O. The van der Waals surface area contributed by atoms with Crippen LogP contribution in [0.1, 0.15) is 36.1 Å². The Kier molecular flexibility index (Phi) is 5.31. The second kappa shape index (κ2) is 7.67. The van der Waals surface area contributed by atoms with Crippen LogP contribution >= 0.6 is 0 Å². The number of benzene rings is 2. The van der Waals surface area contributed by atoms with E-state index in [1.165, 1.54) is 11.1 Å². The zero-order valence-electron chi connectivity index (χ0n) is 16.7. The number of nitrogens with zero attached hydrogens (tertiary/aromatic N) is 2. The van der Waals surface area contributed by atoms with Crippen LogP contribution in [-0.4, -0.2) is 6.21 Å². The molecule has 0 radical (unpaired) electrons. The summed E-state index contributed by atoms with van der Waals surface area (Å²) in [5.41, 5.74) is 7.39. The lowest BCUT2D eigenvalue weighted by Gasteiger charge is -2.27. The summed E-state index contributed by atoms with van der Waals surface area (Å²) in [4.78, 5) is 6.44. The van der Waals surface area contributed by atoms with Gasteiger partial charge in [0.05, 0.1) is 5.69 Å². The van der Waals surface area contributed by atoms with E-state index in [2.05, 4.69) is 73.8 Å². The van der Waals surface area contributed by atoms with Crippen molar-refractivity contribution in [3.8, 4) is 0 Å². The van der Waals surface area contributed by atoms with Crippen LogP contribution in [0.4, 0.5) is 11.6 Å². The molecule has 3 aromatic rings. The third kappa shape index (κ3) is 3.45. The van der Waals surface area contributed by atoms with Crippen LogP contribution in [0.2, 0.25) is 0 Å².